The zero-order chi connectivity index (χ0) is 13.0. The van der Waals surface area contributed by atoms with E-state index >= 15 is 0 Å². The molecule has 94 valence electrons. The molecule has 1 aromatic heterocycles. The second-order valence-electron chi connectivity index (χ2n) is 3.63. The highest BCUT2D eigenvalue weighted by atomic mass is 32.1. The maximum atomic E-state index is 13.4. The van der Waals surface area contributed by atoms with Crippen LogP contribution in [-0.4, -0.2) is 13.0 Å². The van der Waals surface area contributed by atoms with Gasteiger partial charge in [-0.25, -0.2) is 4.39 Å². The number of amides is 1. The number of thiophene rings is 1. The SMILES string of the molecule is COc1ccc(CNC(=O)c2cccs2)cc1F. The van der Waals surface area contributed by atoms with Crippen molar-refractivity contribution < 1.29 is 13.9 Å². The summed E-state index contributed by atoms with van der Waals surface area (Å²) in [6.45, 7) is 0.289. The molecule has 1 aromatic carbocycles. The van der Waals surface area contributed by atoms with Gasteiger partial charge in [-0.1, -0.05) is 12.1 Å². The normalized spacial score (nSPS) is 10.1. The molecule has 0 aliphatic rings. The van der Waals surface area contributed by atoms with Crippen molar-refractivity contribution in [3.63, 3.8) is 0 Å². The van der Waals surface area contributed by atoms with Crippen LogP contribution < -0.4 is 10.1 Å². The molecule has 0 aliphatic carbocycles. The van der Waals surface area contributed by atoms with Crippen LogP contribution in [0.5, 0.6) is 5.75 Å². The number of rotatable bonds is 4. The highest BCUT2D eigenvalue weighted by Gasteiger charge is 2.07. The first-order valence-corrected chi connectivity index (χ1v) is 6.23. The average molecular weight is 265 g/mol. The van der Waals surface area contributed by atoms with Crippen LogP contribution in [0.25, 0.3) is 0 Å². The van der Waals surface area contributed by atoms with Crippen LogP contribution in [0.4, 0.5) is 4.39 Å². The molecule has 0 radical (unpaired) electrons. The Kier molecular flexibility index (Phi) is 3.94. The van der Waals surface area contributed by atoms with E-state index < -0.39 is 5.82 Å². The van der Waals surface area contributed by atoms with Crippen LogP contribution in [0.1, 0.15) is 15.2 Å². The van der Waals surface area contributed by atoms with Crippen LogP contribution in [0.2, 0.25) is 0 Å². The number of carbonyl (C=O) groups is 1. The zero-order valence-electron chi connectivity index (χ0n) is 9.77. The molecule has 1 N–H and O–H groups in total. The highest BCUT2D eigenvalue weighted by molar-refractivity contribution is 7.12. The molecule has 1 heterocycles. The van der Waals surface area contributed by atoms with Gasteiger partial charge >= 0.3 is 0 Å². The molecule has 0 spiro atoms. The fraction of sp³-hybridized carbons (Fsp3) is 0.154. The van der Waals surface area contributed by atoms with Gasteiger partial charge in [0.25, 0.3) is 5.91 Å². The molecule has 0 saturated carbocycles. The van der Waals surface area contributed by atoms with Crippen LogP contribution in [0.3, 0.4) is 0 Å². The van der Waals surface area contributed by atoms with Crippen LogP contribution in [0.15, 0.2) is 35.7 Å². The van der Waals surface area contributed by atoms with Crippen LogP contribution >= 0.6 is 11.3 Å². The molecule has 18 heavy (non-hydrogen) atoms. The maximum absolute atomic E-state index is 13.4. The third kappa shape index (κ3) is 2.87. The van der Waals surface area contributed by atoms with E-state index in [0.29, 0.717) is 10.4 Å². The number of nitrogens with one attached hydrogen (secondary N) is 1. The first-order valence-electron chi connectivity index (χ1n) is 5.35. The standard InChI is InChI=1S/C13H12FNO2S/c1-17-11-5-4-9(7-10(11)14)8-15-13(16)12-3-2-6-18-12/h2-7H,8H2,1H3,(H,15,16). The molecule has 3 nitrogen and oxygen atoms in total. The van der Waals surface area contributed by atoms with Crippen molar-refractivity contribution in [2.45, 2.75) is 6.54 Å². The summed E-state index contributed by atoms with van der Waals surface area (Å²) in [7, 11) is 1.41. The molecule has 0 fully saturated rings. The largest absolute Gasteiger partial charge is 0.494 e. The lowest BCUT2D eigenvalue weighted by Crippen LogP contribution is -2.21. The van der Waals surface area contributed by atoms with E-state index in [9.17, 15) is 9.18 Å². The lowest BCUT2D eigenvalue weighted by Gasteiger charge is -2.06. The van der Waals surface area contributed by atoms with Gasteiger partial charge in [-0.2, -0.15) is 0 Å². The van der Waals surface area contributed by atoms with Gasteiger partial charge in [-0.15, -0.1) is 11.3 Å². The molecule has 2 rings (SSSR count). The van der Waals surface area contributed by atoms with E-state index in [1.54, 1.807) is 18.2 Å². The molecular weight excluding hydrogens is 253 g/mol. The summed E-state index contributed by atoms with van der Waals surface area (Å²) in [5.74, 6) is -0.384. The lowest BCUT2D eigenvalue weighted by atomic mass is 10.2. The molecule has 0 aliphatic heterocycles. The number of hydrogen-bond acceptors (Lipinski definition) is 3. The van der Waals surface area contributed by atoms with E-state index in [1.807, 2.05) is 11.4 Å². The monoisotopic (exact) mass is 265 g/mol. The molecule has 1 amide bonds. The highest BCUT2D eigenvalue weighted by Crippen LogP contribution is 2.17. The van der Waals surface area contributed by atoms with Crippen molar-refractivity contribution >= 4 is 17.2 Å². The third-order valence-corrected chi connectivity index (χ3v) is 3.28. The molecule has 2 aromatic rings. The summed E-state index contributed by atoms with van der Waals surface area (Å²) >= 11 is 1.37. The average Bonchev–Trinajstić information content (AvgIpc) is 2.90. The predicted octanol–water partition coefficient (Wildman–Crippen LogP) is 2.83. The number of halogens is 1. The van der Waals surface area contributed by atoms with Crippen molar-refractivity contribution in [3.05, 3.63) is 52.0 Å². The van der Waals surface area contributed by atoms with Crippen molar-refractivity contribution in [1.82, 2.24) is 5.32 Å². The Labute approximate surface area is 108 Å². The fourth-order valence-electron chi connectivity index (χ4n) is 1.50. The third-order valence-electron chi connectivity index (χ3n) is 2.41. The van der Waals surface area contributed by atoms with Crippen molar-refractivity contribution in [1.29, 1.82) is 0 Å². The molecule has 0 saturated heterocycles. The quantitative estimate of drug-likeness (QED) is 0.923. The Morgan fingerprint density at radius 2 is 2.28 bits per heavy atom. The first-order chi connectivity index (χ1) is 8.70. The van der Waals surface area contributed by atoms with Gasteiger partial charge in [-0.05, 0) is 29.1 Å². The summed E-state index contributed by atoms with van der Waals surface area (Å²) in [6.07, 6.45) is 0. The summed E-state index contributed by atoms with van der Waals surface area (Å²) in [4.78, 5) is 12.3. The zero-order valence-corrected chi connectivity index (χ0v) is 10.6. The summed E-state index contributed by atoms with van der Waals surface area (Å²) in [6, 6.07) is 8.17. The fourth-order valence-corrected chi connectivity index (χ4v) is 2.14. The molecule has 0 atom stereocenters. The van der Waals surface area contributed by atoms with Crippen molar-refractivity contribution in [2.75, 3.05) is 7.11 Å². The summed E-state index contributed by atoms with van der Waals surface area (Å²) in [5.41, 5.74) is 0.693. The van der Waals surface area contributed by atoms with Crippen molar-refractivity contribution in [2.24, 2.45) is 0 Å². The Hall–Kier alpha value is -1.88. The molecule has 5 heteroatoms. The Morgan fingerprint density at radius 1 is 1.44 bits per heavy atom. The number of carbonyl (C=O) groups excluding carboxylic acids is 1. The van der Waals surface area contributed by atoms with Gasteiger partial charge in [0.15, 0.2) is 11.6 Å². The molecule has 0 unspecified atom stereocenters. The smallest absolute Gasteiger partial charge is 0.261 e. The Bertz CT molecular complexity index is 540. The second kappa shape index (κ2) is 5.64. The lowest BCUT2D eigenvalue weighted by molar-refractivity contribution is 0.0955. The Morgan fingerprint density at radius 3 is 2.89 bits per heavy atom. The second-order valence-corrected chi connectivity index (χ2v) is 4.58. The van der Waals surface area contributed by atoms with E-state index in [1.165, 1.54) is 24.5 Å². The van der Waals surface area contributed by atoms with E-state index in [2.05, 4.69) is 5.32 Å². The minimum Gasteiger partial charge on any atom is -0.494 e. The minimum atomic E-state index is -0.430. The van der Waals surface area contributed by atoms with Gasteiger partial charge in [0, 0.05) is 6.54 Å². The van der Waals surface area contributed by atoms with Crippen molar-refractivity contribution in [3.8, 4) is 5.75 Å². The van der Waals surface area contributed by atoms with Gasteiger partial charge in [0.1, 0.15) is 0 Å². The van der Waals surface area contributed by atoms with Crippen LogP contribution in [-0.2, 0) is 6.54 Å². The summed E-state index contributed by atoms with van der Waals surface area (Å²) in [5, 5.41) is 4.57. The van der Waals surface area contributed by atoms with Gasteiger partial charge < -0.3 is 10.1 Å². The number of hydrogen-bond donors (Lipinski definition) is 1. The Balaban J connectivity index is 1.98. The van der Waals surface area contributed by atoms with E-state index in [-0.39, 0.29) is 18.2 Å². The topological polar surface area (TPSA) is 38.3 Å². The predicted molar refractivity (Wildman–Crippen MR) is 68.4 cm³/mol. The van der Waals surface area contributed by atoms with Gasteiger partial charge in [0.2, 0.25) is 0 Å². The van der Waals surface area contributed by atoms with Gasteiger partial charge in [0.05, 0.1) is 12.0 Å². The number of ether oxygens (including phenoxy) is 1. The number of methoxy groups -OCH3 is 1. The molecular formula is C13H12FNO2S. The molecule has 0 bridgehead atoms. The van der Waals surface area contributed by atoms with Crippen LogP contribution in [0, 0.1) is 5.82 Å². The maximum Gasteiger partial charge on any atom is 0.261 e. The van der Waals surface area contributed by atoms with E-state index in [4.69, 9.17) is 4.74 Å². The first kappa shape index (κ1) is 12.6. The number of benzene rings is 1. The van der Waals surface area contributed by atoms with E-state index in [0.717, 1.165) is 0 Å². The summed E-state index contributed by atoms with van der Waals surface area (Å²) < 4.78 is 18.2. The van der Waals surface area contributed by atoms with Gasteiger partial charge in [-0.3, -0.25) is 4.79 Å². The minimum absolute atomic E-state index is 0.152.